The van der Waals surface area contributed by atoms with Crippen LogP contribution >= 0.6 is 0 Å². The lowest BCUT2D eigenvalue weighted by molar-refractivity contribution is -0.384. The van der Waals surface area contributed by atoms with Crippen molar-refractivity contribution in [2.24, 2.45) is 4.99 Å². The molecule has 1 aromatic rings. The fourth-order valence-corrected chi connectivity index (χ4v) is 3.82. The lowest BCUT2D eigenvalue weighted by atomic mass is 10.2. The number of nitrogens with one attached hydrogen (secondary N) is 1. The van der Waals surface area contributed by atoms with Crippen LogP contribution in [0, 0.1) is 10.1 Å². The van der Waals surface area contributed by atoms with Gasteiger partial charge < -0.3 is 15.1 Å². The van der Waals surface area contributed by atoms with Crippen molar-refractivity contribution in [3.05, 3.63) is 39.9 Å². The van der Waals surface area contributed by atoms with E-state index in [1.807, 2.05) is 4.90 Å². The third-order valence-electron chi connectivity index (χ3n) is 6.04. The van der Waals surface area contributed by atoms with Crippen LogP contribution in [0.15, 0.2) is 29.3 Å². The highest BCUT2D eigenvalue weighted by atomic mass is 16.6. The number of carbonyl (C=O) groups excluding carboxylic acids is 1. The van der Waals surface area contributed by atoms with Crippen LogP contribution in [0.4, 0.5) is 5.69 Å². The Bertz CT molecular complexity index is 768. The molecule has 9 heteroatoms. The monoisotopic (exact) mass is 430 g/mol. The molecule has 0 aromatic heterocycles. The minimum atomic E-state index is -0.392. The summed E-state index contributed by atoms with van der Waals surface area (Å²) in [4.78, 5) is 34.1. The van der Waals surface area contributed by atoms with Crippen molar-refractivity contribution in [2.45, 2.75) is 45.7 Å². The molecule has 0 aliphatic carbocycles. The quantitative estimate of drug-likeness (QED) is 0.308. The number of non-ortho nitro benzene ring substituents is 1. The molecular weight excluding hydrogens is 396 g/mol. The number of aliphatic imine (C=N–C) groups is 1. The zero-order chi connectivity index (χ0) is 22.2. The van der Waals surface area contributed by atoms with Gasteiger partial charge in [-0.15, -0.1) is 0 Å². The number of nitro groups is 1. The first-order valence-corrected chi connectivity index (χ1v) is 11.3. The normalized spacial score (nSPS) is 18.8. The van der Waals surface area contributed by atoms with Gasteiger partial charge in [0, 0.05) is 57.4 Å². The van der Waals surface area contributed by atoms with Gasteiger partial charge in [0.2, 0.25) is 5.91 Å². The van der Waals surface area contributed by atoms with Gasteiger partial charge in [0.05, 0.1) is 18.0 Å². The molecule has 1 unspecified atom stereocenters. The Balaban J connectivity index is 1.57. The van der Waals surface area contributed by atoms with Crippen LogP contribution in [-0.4, -0.2) is 83.3 Å². The molecule has 2 heterocycles. The number of nitrogens with zero attached hydrogens (tertiary/aromatic N) is 5. The molecule has 0 radical (unpaired) electrons. The summed E-state index contributed by atoms with van der Waals surface area (Å²) < 4.78 is 0. The Morgan fingerprint density at radius 3 is 2.32 bits per heavy atom. The van der Waals surface area contributed by atoms with Crippen LogP contribution in [0.3, 0.4) is 0 Å². The summed E-state index contributed by atoms with van der Waals surface area (Å²) in [5.74, 6) is 1.11. The molecule has 1 atom stereocenters. The second-order valence-corrected chi connectivity index (χ2v) is 8.37. The number of guanidine groups is 1. The van der Waals surface area contributed by atoms with Crippen LogP contribution < -0.4 is 5.32 Å². The number of amides is 1. The number of hydrogen-bond donors (Lipinski definition) is 1. The highest BCUT2D eigenvalue weighted by Gasteiger charge is 2.25. The molecule has 0 spiro atoms. The van der Waals surface area contributed by atoms with Gasteiger partial charge in [-0.05, 0) is 31.7 Å². The average molecular weight is 431 g/mol. The van der Waals surface area contributed by atoms with Crippen LogP contribution in [0.25, 0.3) is 0 Å². The lowest BCUT2D eigenvalue weighted by Crippen LogP contribution is -2.55. The molecule has 0 bridgehead atoms. The second-order valence-electron chi connectivity index (χ2n) is 8.37. The number of benzene rings is 1. The van der Waals surface area contributed by atoms with Gasteiger partial charge in [-0.2, -0.15) is 0 Å². The first-order valence-electron chi connectivity index (χ1n) is 11.3. The number of rotatable bonds is 7. The Kier molecular flexibility index (Phi) is 8.22. The van der Waals surface area contributed by atoms with Crippen molar-refractivity contribution >= 4 is 17.6 Å². The molecule has 2 fully saturated rings. The fourth-order valence-electron chi connectivity index (χ4n) is 3.82. The zero-order valence-corrected chi connectivity index (χ0v) is 18.6. The Labute approximate surface area is 184 Å². The SMILES string of the molecule is CCC(C)NC(=NCc1ccc([N+](=O)[O-])cc1)N1CCN(CC(=O)N2CCCC2)CC1. The van der Waals surface area contributed by atoms with E-state index in [0.717, 1.165) is 70.1 Å². The largest absolute Gasteiger partial charge is 0.354 e. The summed E-state index contributed by atoms with van der Waals surface area (Å²) >= 11 is 0. The van der Waals surface area contributed by atoms with Crippen molar-refractivity contribution in [3.8, 4) is 0 Å². The second kappa shape index (κ2) is 11.1. The minimum absolute atomic E-state index is 0.0882. The maximum absolute atomic E-state index is 12.4. The first-order chi connectivity index (χ1) is 15.0. The summed E-state index contributed by atoms with van der Waals surface area (Å²) in [6.45, 7) is 10.3. The molecule has 31 heavy (non-hydrogen) atoms. The van der Waals surface area contributed by atoms with E-state index in [1.165, 1.54) is 12.1 Å². The van der Waals surface area contributed by atoms with E-state index in [9.17, 15) is 14.9 Å². The van der Waals surface area contributed by atoms with Gasteiger partial charge in [-0.25, -0.2) is 4.99 Å². The van der Waals surface area contributed by atoms with Gasteiger partial charge in [0.15, 0.2) is 5.96 Å². The predicted octanol–water partition coefficient (Wildman–Crippen LogP) is 2.08. The molecule has 2 saturated heterocycles. The van der Waals surface area contributed by atoms with Gasteiger partial charge >= 0.3 is 0 Å². The topological polar surface area (TPSA) is 94.3 Å². The van der Waals surface area contributed by atoms with Crippen LogP contribution in [-0.2, 0) is 11.3 Å². The lowest BCUT2D eigenvalue weighted by Gasteiger charge is -2.37. The van der Waals surface area contributed by atoms with Crippen LogP contribution in [0.2, 0.25) is 0 Å². The Morgan fingerprint density at radius 2 is 1.74 bits per heavy atom. The van der Waals surface area contributed by atoms with Crippen LogP contribution in [0.1, 0.15) is 38.7 Å². The molecule has 3 rings (SSSR count). The molecule has 2 aliphatic rings. The third-order valence-corrected chi connectivity index (χ3v) is 6.04. The van der Waals surface area contributed by atoms with Gasteiger partial charge in [-0.1, -0.05) is 19.1 Å². The summed E-state index contributed by atoms with van der Waals surface area (Å²) in [6, 6.07) is 6.84. The number of nitro benzene ring substituents is 1. The highest BCUT2D eigenvalue weighted by molar-refractivity contribution is 5.81. The number of hydrogen-bond acceptors (Lipinski definition) is 5. The Hall–Kier alpha value is -2.68. The van der Waals surface area contributed by atoms with E-state index in [4.69, 9.17) is 4.99 Å². The summed E-state index contributed by atoms with van der Waals surface area (Å²) in [5.41, 5.74) is 1.02. The summed E-state index contributed by atoms with van der Waals surface area (Å²) in [7, 11) is 0. The molecule has 170 valence electrons. The van der Waals surface area contributed by atoms with E-state index in [0.29, 0.717) is 19.1 Å². The van der Waals surface area contributed by atoms with Crippen molar-refractivity contribution < 1.29 is 9.72 Å². The zero-order valence-electron chi connectivity index (χ0n) is 18.6. The number of carbonyl (C=O) groups is 1. The van der Waals surface area contributed by atoms with Crippen molar-refractivity contribution in [3.63, 3.8) is 0 Å². The van der Waals surface area contributed by atoms with Gasteiger partial charge in [0.25, 0.3) is 5.69 Å². The number of piperazine rings is 1. The van der Waals surface area contributed by atoms with E-state index >= 15 is 0 Å². The summed E-state index contributed by atoms with van der Waals surface area (Å²) in [5, 5.41) is 14.4. The predicted molar refractivity (Wildman–Crippen MR) is 121 cm³/mol. The van der Waals surface area contributed by atoms with Crippen molar-refractivity contribution in [1.29, 1.82) is 0 Å². The first kappa shape index (κ1) is 23.0. The Morgan fingerprint density at radius 1 is 1.10 bits per heavy atom. The van der Waals surface area contributed by atoms with E-state index in [1.54, 1.807) is 12.1 Å². The maximum atomic E-state index is 12.4. The highest BCUT2D eigenvalue weighted by Crippen LogP contribution is 2.13. The van der Waals surface area contributed by atoms with E-state index in [2.05, 4.69) is 29.0 Å². The van der Waals surface area contributed by atoms with Gasteiger partial charge in [0.1, 0.15) is 0 Å². The summed E-state index contributed by atoms with van der Waals surface area (Å²) in [6.07, 6.45) is 3.23. The molecule has 1 aromatic carbocycles. The molecule has 2 aliphatic heterocycles. The van der Waals surface area contributed by atoms with E-state index in [-0.39, 0.29) is 11.6 Å². The molecule has 0 saturated carbocycles. The van der Waals surface area contributed by atoms with Crippen LogP contribution in [0.5, 0.6) is 0 Å². The number of likely N-dealkylation sites (tertiary alicyclic amines) is 1. The van der Waals surface area contributed by atoms with E-state index < -0.39 is 4.92 Å². The molecular formula is C22H34N6O3. The molecule has 1 N–H and O–H groups in total. The van der Waals surface area contributed by atoms with Crippen molar-refractivity contribution in [1.82, 2.24) is 20.0 Å². The smallest absolute Gasteiger partial charge is 0.269 e. The van der Waals surface area contributed by atoms with Crippen molar-refractivity contribution in [2.75, 3.05) is 45.8 Å². The minimum Gasteiger partial charge on any atom is -0.354 e. The third kappa shape index (κ3) is 6.65. The average Bonchev–Trinajstić information content (AvgIpc) is 3.32. The maximum Gasteiger partial charge on any atom is 0.269 e. The standard InChI is InChI=1S/C22H34N6O3/c1-3-18(2)24-22(23-16-19-6-8-20(9-7-19)28(30)31)27-14-12-25(13-15-27)17-21(29)26-10-4-5-11-26/h6-9,18H,3-5,10-17H2,1-2H3,(H,23,24). The molecule has 9 nitrogen and oxygen atoms in total. The fraction of sp³-hybridized carbons (Fsp3) is 0.636. The van der Waals surface area contributed by atoms with Gasteiger partial charge in [-0.3, -0.25) is 19.8 Å². The molecule has 1 amide bonds.